The first kappa shape index (κ1) is 26.3. The summed E-state index contributed by atoms with van der Waals surface area (Å²) in [7, 11) is 0. The largest absolute Gasteiger partial charge is 0.269 e. The molecule has 0 spiro atoms. The third-order valence-electron chi connectivity index (χ3n) is 7.04. The first-order valence-corrected chi connectivity index (χ1v) is 13.0. The minimum atomic E-state index is -0.306. The van der Waals surface area contributed by atoms with Gasteiger partial charge < -0.3 is 0 Å². The summed E-state index contributed by atoms with van der Waals surface area (Å²) in [5.74, 6) is -1.000. The number of rotatable bonds is 8. The average Bonchev–Trinajstić information content (AvgIpc) is 3.37. The Morgan fingerprint density at radius 3 is 1.16 bits per heavy atom. The van der Waals surface area contributed by atoms with Gasteiger partial charge in [-0.2, -0.15) is 0 Å². The van der Waals surface area contributed by atoms with E-state index in [4.69, 9.17) is 0 Å². The summed E-state index contributed by atoms with van der Waals surface area (Å²) in [5.41, 5.74) is 7.45. The van der Waals surface area contributed by atoms with E-state index in [0.717, 1.165) is 33.4 Å². The van der Waals surface area contributed by atoms with E-state index in [1.54, 1.807) is 0 Å². The Balaban J connectivity index is 1.81. The molecule has 6 heteroatoms. The second kappa shape index (κ2) is 10.3. The van der Waals surface area contributed by atoms with Crippen LogP contribution in [0.1, 0.15) is 86.8 Å². The van der Waals surface area contributed by atoms with Gasteiger partial charge in [0.25, 0.3) is 23.6 Å². The Hall–Kier alpha value is -3.80. The smallest absolute Gasteiger partial charge is 0.258 e. The highest BCUT2D eigenvalue weighted by atomic mass is 16.2. The van der Waals surface area contributed by atoms with Gasteiger partial charge in [-0.3, -0.25) is 19.2 Å². The molecule has 0 N–H and O–H groups in total. The third-order valence-corrected chi connectivity index (χ3v) is 7.04. The van der Waals surface area contributed by atoms with Gasteiger partial charge in [-0.25, -0.2) is 9.80 Å². The molecule has 37 heavy (non-hydrogen) atoms. The van der Waals surface area contributed by atoms with E-state index in [0.29, 0.717) is 30.6 Å². The fourth-order valence-corrected chi connectivity index (χ4v) is 5.22. The van der Waals surface area contributed by atoms with Gasteiger partial charge >= 0.3 is 0 Å². The Bertz CT molecular complexity index is 1220. The Morgan fingerprint density at radius 2 is 0.892 bits per heavy atom. The third kappa shape index (κ3) is 4.80. The summed E-state index contributed by atoms with van der Waals surface area (Å²) < 4.78 is 0. The number of carbonyl (C=O) groups excluding carboxylic acids is 4. The normalized spacial score (nSPS) is 15.5. The zero-order valence-electron chi connectivity index (χ0n) is 22.4. The van der Waals surface area contributed by atoms with Crippen LogP contribution in [0.2, 0.25) is 0 Å². The average molecular weight is 499 g/mol. The molecule has 0 aromatic heterocycles. The van der Waals surface area contributed by atoms with Gasteiger partial charge in [0.1, 0.15) is 0 Å². The molecule has 2 aliphatic rings. The highest BCUT2D eigenvalue weighted by molar-refractivity contribution is 6.29. The van der Waals surface area contributed by atoms with Gasteiger partial charge in [0.15, 0.2) is 0 Å². The van der Waals surface area contributed by atoms with Crippen molar-refractivity contribution in [3.8, 4) is 0 Å². The number of carbonyl (C=O) groups is 4. The first-order valence-electron chi connectivity index (χ1n) is 13.0. The van der Waals surface area contributed by atoms with Crippen LogP contribution in [0.4, 0.5) is 11.4 Å². The number of imide groups is 2. The molecule has 0 fully saturated rings. The van der Waals surface area contributed by atoms with Crippen LogP contribution in [0.25, 0.3) is 0 Å². The van der Waals surface area contributed by atoms with E-state index >= 15 is 0 Å². The summed E-state index contributed by atoms with van der Waals surface area (Å²) in [6.45, 7) is 12.3. The molecule has 2 aromatic carbocycles. The van der Waals surface area contributed by atoms with Crippen molar-refractivity contribution in [1.29, 1.82) is 0 Å². The molecule has 2 aliphatic heterocycles. The molecule has 2 aromatic rings. The van der Waals surface area contributed by atoms with Crippen molar-refractivity contribution in [1.82, 2.24) is 0 Å². The first-order chi connectivity index (χ1) is 17.6. The summed E-state index contributed by atoms with van der Waals surface area (Å²) in [6.07, 6.45) is 7.32. The summed E-state index contributed by atoms with van der Waals surface area (Å²) >= 11 is 0. The van der Waals surface area contributed by atoms with Crippen LogP contribution in [0.3, 0.4) is 0 Å². The number of hydrogen-bond acceptors (Lipinski definition) is 4. The van der Waals surface area contributed by atoms with E-state index in [1.165, 1.54) is 34.1 Å². The summed E-state index contributed by atoms with van der Waals surface area (Å²) in [5, 5.41) is 0. The van der Waals surface area contributed by atoms with Crippen molar-refractivity contribution in [2.75, 3.05) is 9.80 Å². The lowest BCUT2D eigenvalue weighted by atomic mass is 9.88. The number of anilines is 2. The van der Waals surface area contributed by atoms with Crippen molar-refractivity contribution >= 4 is 35.0 Å². The molecule has 0 radical (unpaired) electrons. The number of hydrogen-bond donors (Lipinski definition) is 0. The van der Waals surface area contributed by atoms with Crippen LogP contribution < -0.4 is 9.80 Å². The van der Waals surface area contributed by atoms with E-state index in [-0.39, 0.29) is 35.5 Å². The Kier molecular flexibility index (Phi) is 7.30. The molecule has 0 bridgehead atoms. The maximum atomic E-state index is 12.5. The molecule has 0 saturated carbocycles. The van der Waals surface area contributed by atoms with Gasteiger partial charge in [-0.05, 0) is 64.5 Å². The van der Waals surface area contributed by atoms with Crippen LogP contribution in [-0.2, 0) is 38.4 Å². The standard InChI is InChI=1S/C31H34N2O4/c1-7-22-14-20(16-24(18(3)4)30(22)32-26(34)9-10-27(32)35)13-21-15-23(8-2)31(25(17-21)19(5)6)33-28(36)11-12-29(33)37/h9-12,14-19H,7-8,13H2,1-6H3. The molecule has 0 atom stereocenters. The SMILES string of the molecule is CCc1cc(Cc2cc(CC)c(N3C(=O)C=CC3=O)c(C(C)C)c2)cc(C(C)C)c1N1C(=O)C=CC1=O. The number of aryl methyl sites for hydroxylation is 2. The topological polar surface area (TPSA) is 74.8 Å². The second-order valence-corrected chi connectivity index (χ2v) is 10.3. The van der Waals surface area contributed by atoms with Crippen LogP contribution in [0, 0.1) is 0 Å². The molecular weight excluding hydrogens is 464 g/mol. The minimum Gasteiger partial charge on any atom is -0.269 e. The summed E-state index contributed by atoms with van der Waals surface area (Å²) in [6, 6.07) is 8.38. The number of nitrogens with zero attached hydrogens (tertiary/aromatic N) is 2. The predicted molar refractivity (Wildman–Crippen MR) is 146 cm³/mol. The molecule has 4 amide bonds. The highest BCUT2D eigenvalue weighted by Gasteiger charge is 2.32. The van der Waals surface area contributed by atoms with Gasteiger partial charge in [0.05, 0.1) is 11.4 Å². The molecule has 192 valence electrons. The van der Waals surface area contributed by atoms with E-state index in [1.807, 2.05) is 13.8 Å². The molecule has 0 aliphatic carbocycles. The lowest BCUT2D eigenvalue weighted by molar-refractivity contribution is -0.121. The van der Waals surface area contributed by atoms with E-state index in [2.05, 4.69) is 52.0 Å². The van der Waals surface area contributed by atoms with Crippen LogP contribution in [0.15, 0.2) is 48.6 Å². The maximum Gasteiger partial charge on any atom is 0.258 e. The van der Waals surface area contributed by atoms with Crippen molar-refractivity contribution in [2.24, 2.45) is 0 Å². The fraction of sp³-hybridized carbons (Fsp3) is 0.355. The molecule has 2 heterocycles. The highest BCUT2D eigenvalue weighted by Crippen LogP contribution is 2.38. The molecular formula is C31H34N2O4. The van der Waals surface area contributed by atoms with Crippen LogP contribution in [-0.4, -0.2) is 23.6 Å². The van der Waals surface area contributed by atoms with Gasteiger partial charge in [0.2, 0.25) is 0 Å². The van der Waals surface area contributed by atoms with Gasteiger partial charge in [0, 0.05) is 24.3 Å². The van der Waals surface area contributed by atoms with Gasteiger partial charge in [-0.15, -0.1) is 0 Å². The Labute approximate surface area is 218 Å². The van der Waals surface area contributed by atoms with E-state index in [9.17, 15) is 19.2 Å². The Morgan fingerprint density at radius 1 is 0.568 bits per heavy atom. The van der Waals surface area contributed by atoms with E-state index < -0.39 is 0 Å². The van der Waals surface area contributed by atoms with Crippen molar-refractivity contribution in [2.45, 2.75) is 72.6 Å². The van der Waals surface area contributed by atoms with Crippen LogP contribution in [0.5, 0.6) is 0 Å². The summed E-state index contributed by atoms with van der Waals surface area (Å²) in [4.78, 5) is 52.7. The lowest BCUT2D eigenvalue weighted by Gasteiger charge is -2.26. The zero-order chi connectivity index (χ0) is 27.0. The molecule has 6 nitrogen and oxygen atoms in total. The van der Waals surface area contributed by atoms with Crippen molar-refractivity contribution in [3.05, 3.63) is 82.0 Å². The van der Waals surface area contributed by atoms with Crippen molar-refractivity contribution < 1.29 is 19.2 Å². The number of benzene rings is 2. The maximum absolute atomic E-state index is 12.5. The lowest BCUT2D eigenvalue weighted by Crippen LogP contribution is -2.32. The monoisotopic (exact) mass is 498 g/mol. The zero-order valence-corrected chi connectivity index (χ0v) is 22.4. The molecule has 4 rings (SSSR count). The molecule has 0 saturated heterocycles. The van der Waals surface area contributed by atoms with Gasteiger partial charge in [-0.1, -0.05) is 65.8 Å². The number of amides is 4. The molecule has 0 unspecified atom stereocenters. The second-order valence-electron chi connectivity index (χ2n) is 10.3. The van der Waals surface area contributed by atoms with Crippen LogP contribution >= 0.6 is 0 Å². The minimum absolute atomic E-state index is 0.112. The van der Waals surface area contributed by atoms with Crippen molar-refractivity contribution in [3.63, 3.8) is 0 Å². The predicted octanol–water partition coefficient (Wildman–Crippen LogP) is 5.51. The fourth-order valence-electron chi connectivity index (χ4n) is 5.22. The quantitative estimate of drug-likeness (QED) is 0.450.